The van der Waals surface area contributed by atoms with Crippen LogP contribution in [-0.2, 0) is 6.54 Å². The predicted molar refractivity (Wildman–Crippen MR) is 81.6 cm³/mol. The number of fused-ring (bicyclic) bond motifs is 1. The van der Waals surface area contributed by atoms with E-state index in [9.17, 15) is 0 Å². The Kier molecular flexibility index (Phi) is 3.35. The third-order valence-electron chi connectivity index (χ3n) is 3.50. The van der Waals surface area contributed by atoms with Crippen molar-refractivity contribution in [2.75, 3.05) is 7.11 Å². The Balaban J connectivity index is 2.25. The Morgan fingerprint density at radius 1 is 1.10 bits per heavy atom. The largest absolute Gasteiger partial charge is 0.497 e. The van der Waals surface area contributed by atoms with Crippen LogP contribution in [0.3, 0.4) is 0 Å². The molecule has 20 heavy (non-hydrogen) atoms. The summed E-state index contributed by atoms with van der Waals surface area (Å²) in [4.78, 5) is 4.17. The molecule has 0 aliphatic rings. The van der Waals surface area contributed by atoms with E-state index in [1.54, 1.807) is 7.11 Å². The van der Waals surface area contributed by atoms with Gasteiger partial charge in [0.05, 0.1) is 7.11 Å². The van der Waals surface area contributed by atoms with Crippen molar-refractivity contribution >= 4 is 10.8 Å². The van der Waals surface area contributed by atoms with Gasteiger partial charge in [-0.05, 0) is 40.3 Å². The molecule has 0 bridgehead atoms. The molecule has 3 heteroatoms. The van der Waals surface area contributed by atoms with Crippen molar-refractivity contribution in [3.8, 4) is 16.9 Å². The summed E-state index contributed by atoms with van der Waals surface area (Å²) in [6.45, 7) is 0.480. The van der Waals surface area contributed by atoms with Gasteiger partial charge in [-0.25, -0.2) is 0 Å². The number of nitrogens with zero attached hydrogens (tertiary/aromatic N) is 1. The molecule has 0 aliphatic heterocycles. The van der Waals surface area contributed by atoms with Crippen molar-refractivity contribution in [3.63, 3.8) is 0 Å². The summed E-state index contributed by atoms with van der Waals surface area (Å²) in [5.41, 5.74) is 9.28. The van der Waals surface area contributed by atoms with E-state index >= 15 is 0 Å². The summed E-state index contributed by atoms with van der Waals surface area (Å²) in [7, 11) is 1.67. The van der Waals surface area contributed by atoms with E-state index in [2.05, 4.69) is 23.2 Å². The maximum absolute atomic E-state index is 5.89. The van der Waals surface area contributed by atoms with Gasteiger partial charge in [-0.3, -0.25) is 4.98 Å². The zero-order chi connectivity index (χ0) is 13.9. The second-order valence-electron chi connectivity index (χ2n) is 4.63. The standard InChI is InChI=1S/C17H16N2O/c1-20-14-5-6-15(13(9-14)10-18)17-4-2-3-12-11-19-8-7-16(12)17/h2-9,11H,10,18H2,1H3. The van der Waals surface area contributed by atoms with E-state index in [4.69, 9.17) is 10.5 Å². The predicted octanol–water partition coefficient (Wildman–Crippen LogP) is 3.37. The second-order valence-corrected chi connectivity index (χ2v) is 4.63. The SMILES string of the molecule is COc1ccc(-c2cccc3cnccc23)c(CN)c1. The van der Waals surface area contributed by atoms with Gasteiger partial charge in [-0.15, -0.1) is 0 Å². The molecule has 0 amide bonds. The van der Waals surface area contributed by atoms with Crippen LogP contribution in [0.25, 0.3) is 21.9 Å². The van der Waals surface area contributed by atoms with Crippen molar-refractivity contribution < 1.29 is 4.74 Å². The third kappa shape index (κ3) is 2.12. The lowest BCUT2D eigenvalue weighted by Crippen LogP contribution is -2.00. The first-order chi connectivity index (χ1) is 9.83. The molecule has 0 saturated heterocycles. The van der Waals surface area contributed by atoms with Crippen LogP contribution in [0.15, 0.2) is 54.9 Å². The molecule has 0 unspecified atom stereocenters. The molecular weight excluding hydrogens is 248 g/mol. The molecule has 3 rings (SSSR count). The summed E-state index contributed by atoms with van der Waals surface area (Å²) in [6.07, 6.45) is 3.70. The van der Waals surface area contributed by atoms with Crippen molar-refractivity contribution in [2.24, 2.45) is 5.73 Å². The first-order valence-electron chi connectivity index (χ1n) is 6.53. The van der Waals surface area contributed by atoms with Crippen LogP contribution >= 0.6 is 0 Å². The number of benzene rings is 2. The minimum absolute atomic E-state index is 0.480. The normalized spacial score (nSPS) is 10.7. The second kappa shape index (κ2) is 5.31. The summed E-state index contributed by atoms with van der Waals surface area (Å²) >= 11 is 0. The maximum atomic E-state index is 5.89. The van der Waals surface area contributed by atoms with Crippen molar-refractivity contribution in [2.45, 2.75) is 6.54 Å². The molecule has 0 atom stereocenters. The molecule has 0 fully saturated rings. The van der Waals surface area contributed by atoms with Crippen LogP contribution in [0.4, 0.5) is 0 Å². The number of rotatable bonds is 3. The highest BCUT2D eigenvalue weighted by Gasteiger charge is 2.09. The van der Waals surface area contributed by atoms with Gasteiger partial charge in [0.2, 0.25) is 0 Å². The zero-order valence-electron chi connectivity index (χ0n) is 11.3. The summed E-state index contributed by atoms with van der Waals surface area (Å²) in [5, 5.41) is 2.31. The van der Waals surface area contributed by atoms with E-state index in [0.29, 0.717) is 6.54 Å². The average molecular weight is 264 g/mol. The van der Waals surface area contributed by atoms with Gasteiger partial charge in [-0.2, -0.15) is 0 Å². The van der Waals surface area contributed by atoms with Gasteiger partial charge in [-0.1, -0.05) is 24.3 Å². The molecule has 0 aliphatic carbocycles. The van der Waals surface area contributed by atoms with Gasteiger partial charge in [0.15, 0.2) is 0 Å². The van der Waals surface area contributed by atoms with Gasteiger partial charge in [0.1, 0.15) is 5.75 Å². The quantitative estimate of drug-likeness (QED) is 0.789. The number of hydrogen-bond donors (Lipinski definition) is 1. The maximum Gasteiger partial charge on any atom is 0.119 e. The van der Waals surface area contributed by atoms with Crippen LogP contribution in [0.5, 0.6) is 5.75 Å². The van der Waals surface area contributed by atoms with E-state index < -0.39 is 0 Å². The Hall–Kier alpha value is -2.39. The van der Waals surface area contributed by atoms with E-state index in [-0.39, 0.29) is 0 Å². The number of nitrogens with two attached hydrogens (primary N) is 1. The van der Waals surface area contributed by atoms with Crippen LogP contribution in [0.1, 0.15) is 5.56 Å². The molecular formula is C17H16N2O. The van der Waals surface area contributed by atoms with Gasteiger partial charge in [0, 0.05) is 24.3 Å². The Morgan fingerprint density at radius 3 is 2.80 bits per heavy atom. The molecule has 100 valence electrons. The average Bonchev–Trinajstić information content (AvgIpc) is 2.53. The van der Waals surface area contributed by atoms with Crippen molar-refractivity contribution in [1.29, 1.82) is 0 Å². The van der Waals surface area contributed by atoms with Crippen molar-refractivity contribution in [1.82, 2.24) is 4.98 Å². The van der Waals surface area contributed by atoms with Crippen LogP contribution in [0.2, 0.25) is 0 Å². The number of pyridine rings is 1. The molecule has 3 aromatic rings. The fraction of sp³-hybridized carbons (Fsp3) is 0.118. The van der Waals surface area contributed by atoms with E-state index in [1.165, 1.54) is 10.9 Å². The fourth-order valence-electron chi connectivity index (χ4n) is 2.49. The Labute approximate surface area is 118 Å². The number of hydrogen-bond acceptors (Lipinski definition) is 3. The van der Waals surface area contributed by atoms with Gasteiger partial charge >= 0.3 is 0 Å². The monoisotopic (exact) mass is 264 g/mol. The van der Waals surface area contributed by atoms with Crippen LogP contribution < -0.4 is 10.5 Å². The van der Waals surface area contributed by atoms with Crippen molar-refractivity contribution in [3.05, 3.63) is 60.4 Å². The highest BCUT2D eigenvalue weighted by Crippen LogP contribution is 2.32. The zero-order valence-corrected chi connectivity index (χ0v) is 11.3. The van der Waals surface area contributed by atoms with Crippen LogP contribution in [0, 0.1) is 0 Å². The first kappa shape index (κ1) is 12.6. The lowest BCUT2D eigenvalue weighted by Gasteiger charge is -2.12. The minimum atomic E-state index is 0.480. The lowest BCUT2D eigenvalue weighted by molar-refractivity contribution is 0.414. The molecule has 3 nitrogen and oxygen atoms in total. The topological polar surface area (TPSA) is 48.1 Å². The Bertz CT molecular complexity index is 748. The minimum Gasteiger partial charge on any atom is -0.497 e. The van der Waals surface area contributed by atoms with E-state index in [0.717, 1.165) is 22.3 Å². The summed E-state index contributed by atoms with van der Waals surface area (Å²) in [6, 6.07) is 14.3. The summed E-state index contributed by atoms with van der Waals surface area (Å²) < 4.78 is 5.27. The molecule has 2 aromatic carbocycles. The third-order valence-corrected chi connectivity index (χ3v) is 3.50. The number of methoxy groups -OCH3 is 1. The van der Waals surface area contributed by atoms with Gasteiger partial charge in [0.25, 0.3) is 0 Å². The molecule has 0 radical (unpaired) electrons. The van der Waals surface area contributed by atoms with Gasteiger partial charge < -0.3 is 10.5 Å². The highest BCUT2D eigenvalue weighted by molar-refractivity contribution is 5.96. The molecule has 0 saturated carbocycles. The smallest absolute Gasteiger partial charge is 0.119 e. The van der Waals surface area contributed by atoms with E-state index in [1.807, 2.05) is 36.7 Å². The molecule has 2 N–H and O–H groups in total. The lowest BCUT2D eigenvalue weighted by atomic mass is 9.95. The van der Waals surface area contributed by atoms with Crippen LogP contribution in [-0.4, -0.2) is 12.1 Å². The number of ether oxygens (including phenoxy) is 1. The highest BCUT2D eigenvalue weighted by atomic mass is 16.5. The summed E-state index contributed by atoms with van der Waals surface area (Å²) in [5.74, 6) is 0.830. The molecule has 1 heterocycles. The Morgan fingerprint density at radius 2 is 2.00 bits per heavy atom. The number of aromatic nitrogens is 1. The molecule has 1 aromatic heterocycles. The molecule has 0 spiro atoms. The first-order valence-corrected chi connectivity index (χ1v) is 6.53. The fourth-order valence-corrected chi connectivity index (χ4v) is 2.49.